The second kappa shape index (κ2) is 8.35. The minimum atomic E-state index is -0.263. The molecule has 0 atom stereocenters. The van der Waals surface area contributed by atoms with Crippen LogP contribution in [0.15, 0.2) is 47.3 Å². The highest BCUT2D eigenvalue weighted by atomic mass is 16.5. The minimum absolute atomic E-state index is 0.154. The van der Waals surface area contributed by atoms with Gasteiger partial charge in [-0.2, -0.15) is 0 Å². The molecule has 0 aliphatic rings. The lowest BCUT2D eigenvalue weighted by Crippen LogP contribution is -2.24. The van der Waals surface area contributed by atoms with Gasteiger partial charge in [-0.1, -0.05) is 18.2 Å². The standard InChI is InChI=1S/C20H21N3O4/c1-26-17-9-7-13(11-18(17)27-2)12-21-19(24)10-8-16-20(25)23-15-6-4-3-5-14(15)22-16/h3-7,9,11H,8,10,12H2,1-2H3,(H,21,24)(H,23,25). The summed E-state index contributed by atoms with van der Waals surface area (Å²) in [6.45, 7) is 0.362. The maximum atomic E-state index is 12.1. The van der Waals surface area contributed by atoms with E-state index in [0.717, 1.165) is 5.56 Å². The Morgan fingerprint density at radius 3 is 2.67 bits per heavy atom. The first-order valence-corrected chi connectivity index (χ1v) is 8.56. The van der Waals surface area contributed by atoms with Gasteiger partial charge < -0.3 is 19.8 Å². The predicted octanol–water partition coefficient (Wildman–Crippen LogP) is 2.19. The summed E-state index contributed by atoms with van der Waals surface area (Å²) < 4.78 is 10.4. The average molecular weight is 367 g/mol. The number of rotatable bonds is 7. The smallest absolute Gasteiger partial charge is 0.270 e. The first kappa shape index (κ1) is 18.4. The molecule has 0 unspecified atom stereocenters. The highest BCUT2D eigenvalue weighted by molar-refractivity contribution is 5.76. The molecule has 2 N–H and O–H groups in total. The maximum Gasteiger partial charge on any atom is 0.270 e. The number of fused-ring (bicyclic) bond motifs is 1. The number of carbonyl (C=O) groups is 1. The monoisotopic (exact) mass is 367 g/mol. The van der Waals surface area contributed by atoms with Crippen molar-refractivity contribution in [3.8, 4) is 11.5 Å². The van der Waals surface area contributed by atoms with Gasteiger partial charge >= 0.3 is 0 Å². The fourth-order valence-corrected chi connectivity index (χ4v) is 2.75. The minimum Gasteiger partial charge on any atom is -0.493 e. The van der Waals surface area contributed by atoms with Crippen LogP contribution in [0.25, 0.3) is 11.0 Å². The van der Waals surface area contributed by atoms with Crippen molar-refractivity contribution in [1.29, 1.82) is 0 Å². The molecule has 0 saturated heterocycles. The molecule has 0 saturated carbocycles. The van der Waals surface area contributed by atoms with Crippen molar-refractivity contribution in [3.63, 3.8) is 0 Å². The summed E-state index contributed by atoms with van der Waals surface area (Å²) in [4.78, 5) is 31.4. The molecule has 7 heteroatoms. The number of hydrogen-bond donors (Lipinski definition) is 2. The van der Waals surface area contributed by atoms with Crippen molar-refractivity contribution >= 4 is 16.9 Å². The Bertz CT molecular complexity index is 1010. The highest BCUT2D eigenvalue weighted by Crippen LogP contribution is 2.27. The third kappa shape index (κ3) is 4.44. The number of para-hydroxylation sites is 2. The number of H-pyrrole nitrogens is 1. The van der Waals surface area contributed by atoms with Gasteiger partial charge in [0.25, 0.3) is 5.56 Å². The summed E-state index contributed by atoms with van der Waals surface area (Å²) in [5.74, 6) is 1.09. The van der Waals surface area contributed by atoms with Crippen molar-refractivity contribution in [2.75, 3.05) is 14.2 Å². The third-order valence-electron chi connectivity index (χ3n) is 4.20. The first-order chi connectivity index (χ1) is 13.1. The quantitative estimate of drug-likeness (QED) is 0.668. The van der Waals surface area contributed by atoms with E-state index in [4.69, 9.17) is 9.47 Å². The molecule has 0 aliphatic heterocycles. The summed E-state index contributed by atoms with van der Waals surface area (Å²) in [5, 5.41) is 2.84. The summed E-state index contributed by atoms with van der Waals surface area (Å²) in [5.41, 5.74) is 2.38. The molecule has 1 amide bonds. The molecule has 27 heavy (non-hydrogen) atoms. The molecule has 0 bridgehead atoms. The Hall–Kier alpha value is -3.35. The van der Waals surface area contributed by atoms with Crippen LogP contribution in [-0.2, 0) is 17.8 Å². The largest absolute Gasteiger partial charge is 0.493 e. The average Bonchev–Trinajstić information content (AvgIpc) is 2.70. The van der Waals surface area contributed by atoms with E-state index in [-0.39, 0.29) is 24.3 Å². The van der Waals surface area contributed by atoms with Crippen LogP contribution in [0.1, 0.15) is 17.7 Å². The highest BCUT2D eigenvalue weighted by Gasteiger charge is 2.09. The molecule has 1 aromatic heterocycles. The molecule has 2 aromatic carbocycles. The fourth-order valence-electron chi connectivity index (χ4n) is 2.75. The second-order valence-corrected chi connectivity index (χ2v) is 6.00. The van der Waals surface area contributed by atoms with E-state index in [2.05, 4.69) is 15.3 Å². The van der Waals surface area contributed by atoms with Gasteiger partial charge in [-0.3, -0.25) is 9.59 Å². The summed E-state index contributed by atoms with van der Waals surface area (Å²) in [7, 11) is 3.14. The maximum absolute atomic E-state index is 12.1. The van der Waals surface area contributed by atoms with E-state index >= 15 is 0 Å². The van der Waals surface area contributed by atoms with E-state index in [1.807, 2.05) is 30.3 Å². The number of nitrogens with one attached hydrogen (secondary N) is 2. The van der Waals surface area contributed by atoms with Gasteiger partial charge in [0.1, 0.15) is 5.69 Å². The van der Waals surface area contributed by atoms with Crippen molar-refractivity contribution in [2.24, 2.45) is 0 Å². The Kier molecular flexibility index (Phi) is 5.71. The van der Waals surface area contributed by atoms with Crippen LogP contribution in [0.3, 0.4) is 0 Å². The van der Waals surface area contributed by atoms with E-state index in [1.165, 1.54) is 0 Å². The Labute approximate surface area is 156 Å². The Balaban J connectivity index is 1.59. The number of benzene rings is 2. The zero-order valence-electron chi connectivity index (χ0n) is 15.2. The molecule has 140 valence electrons. The molecular formula is C20H21N3O4. The fraction of sp³-hybridized carbons (Fsp3) is 0.250. The lowest BCUT2D eigenvalue weighted by atomic mass is 10.2. The topological polar surface area (TPSA) is 93.3 Å². The van der Waals surface area contributed by atoms with Crippen LogP contribution >= 0.6 is 0 Å². The van der Waals surface area contributed by atoms with E-state index in [1.54, 1.807) is 26.4 Å². The van der Waals surface area contributed by atoms with Crippen molar-refractivity contribution in [3.05, 3.63) is 64.1 Å². The summed E-state index contributed by atoms with van der Waals surface area (Å²) in [6, 6.07) is 12.8. The van der Waals surface area contributed by atoms with Crippen molar-refractivity contribution in [1.82, 2.24) is 15.3 Å². The molecular weight excluding hydrogens is 346 g/mol. The molecule has 0 spiro atoms. The van der Waals surface area contributed by atoms with E-state index in [9.17, 15) is 9.59 Å². The lowest BCUT2D eigenvalue weighted by molar-refractivity contribution is -0.121. The van der Waals surface area contributed by atoms with E-state index < -0.39 is 0 Å². The molecule has 1 heterocycles. The van der Waals surface area contributed by atoms with Gasteiger partial charge in [0, 0.05) is 19.4 Å². The number of ether oxygens (including phenoxy) is 2. The van der Waals surface area contributed by atoms with Crippen molar-refractivity contribution in [2.45, 2.75) is 19.4 Å². The van der Waals surface area contributed by atoms with Gasteiger partial charge in [0.05, 0.1) is 25.3 Å². The van der Waals surface area contributed by atoms with Gasteiger partial charge in [-0.25, -0.2) is 4.98 Å². The number of aromatic nitrogens is 2. The normalized spacial score (nSPS) is 10.6. The molecule has 7 nitrogen and oxygen atoms in total. The van der Waals surface area contributed by atoms with Crippen LogP contribution in [0.5, 0.6) is 11.5 Å². The summed E-state index contributed by atoms with van der Waals surface area (Å²) >= 11 is 0. The zero-order chi connectivity index (χ0) is 19.2. The molecule has 3 rings (SSSR count). The van der Waals surface area contributed by atoms with Crippen LogP contribution < -0.4 is 20.3 Å². The molecule has 0 radical (unpaired) electrons. The SMILES string of the molecule is COc1ccc(CNC(=O)CCc2nc3ccccc3[nH]c2=O)cc1OC. The number of nitrogens with zero attached hydrogens (tertiary/aromatic N) is 1. The van der Waals surface area contributed by atoms with Gasteiger partial charge in [-0.05, 0) is 29.8 Å². The van der Waals surface area contributed by atoms with Crippen molar-refractivity contribution < 1.29 is 14.3 Å². The molecule has 0 aliphatic carbocycles. The Morgan fingerprint density at radius 2 is 1.89 bits per heavy atom. The van der Waals surface area contributed by atoms with Crippen LogP contribution in [0.4, 0.5) is 0 Å². The van der Waals surface area contributed by atoms with Crippen LogP contribution in [-0.4, -0.2) is 30.1 Å². The van der Waals surface area contributed by atoms with Crippen LogP contribution in [0.2, 0.25) is 0 Å². The second-order valence-electron chi connectivity index (χ2n) is 6.00. The number of aromatic amines is 1. The molecule has 0 fully saturated rings. The Morgan fingerprint density at radius 1 is 1.11 bits per heavy atom. The van der Waals surface area contributed by atoms with Gasteiger partial charge in [-0.15, -0.1) is 0 Å². The molecule has 3 aromatic rings. The summed E-state index contributed by atoms with van der Waals surface area (Å²) in [6.07, 6.45) is 0.458. The first-order valence-electron chi connectivity index (χ1n) is 8.56. The number of methoxy groups -OCH3 is 2. The lowest BCUT2D eigenvalue weighted by Gasteiger charge is -2.10. The van der Waals surface area contributed by atoms with Gasteiger partial charge in [0.15, 0.2) is 11.5 Å². The van der Waals surface area contributed by atoms with E-state index in [0.29, 0.717) is 34.8 Å². The third-order valence-corrected chi connectivity index (χ3v) is 4.20. The number of carbonyl (C=O) groups excluding carboxylic acids is 1. The number of aryl methyl sites for hydroxylation is 1. The predicted molar refractivity (Wildman–Crippen MR) is 102 cm³/mol. The van der Waals surface area contributed by atoms with Gasteiger partial charge in [0.2, 0.25) is 5.91 Å². The zero-order valence-corrected chi connectivity index (χ0v) is 15.2. The number of amides is 1. The number of hydrogen-bond acceptors (Lipinski definition) is 5. The van der Waals surface area contributed by atoms with Crippen LogP contribution in [0, 0.1) is 0 Å².